The first kappa shape index (κ1) is 24.0. The Bertz CT molecular complexity index is 1250. The number of aliphatic imine (C=N–C) groups is 1. The maximum absolute atomic E-state index is 14.4. The summed E-state index contributed by atoms with van der Waals surface area (Å²) in [5.74, 6) is 0. The molecule has 34 heavy (non-hydrogen) atoms. The van der Waals surface area contributed by atoms with Crippen LogP contribution < -0.4 is 0 Å². The van der Waals surface area contributed by atoms with Crippen LogP contribution in [0.4, 0.5) is 39.5 Å². The summed E-state index contributed by atoms with van der Waals surface area (Å²) in [6, 6.07) is 10.1. The molecule has 0 N–H and O–H groups in total. The fourth-order valence-corrected chi connectivity index (χ4v) is 4.15. The Morgan fingerprint density at radius 2 is 1.32 bits per heavy atom. The standard InChI is InChI=1S/C23H15F9N2/c1-12-6-7-16(15-5-3-2-4-14(12)15)17-10-20(11-33-17,23(30,31)32)13-8-18(21(24,25)26)34-19(9-13)22(27,28)29/h2-9H,10-11H2,1H3. The quantitative estimate of drug-likeness (QED) is 0.347. The van der Waals surface area contributed by atoms with Crippen LogP contribution in [0, 0.1) is 6.92 Å². The molecule has 1 aliphatic heterocycles. The average molecular weight is 490 g/mol. The van der Waals surface area contributed by atoms with Crippen molar-refractivity contribution in [1.82, 2.24) is 4.98 Å². The largest absolute Gasteiger partial charge is 0.433 e. The third-order valence-corrected chi connectivity index (χ3v) is 5.96. The Kier molecular flexibility index (Phi) is 5.45. The molecule has 0 bridgehead atoms. The van der Waals surface area contributed by atoms with Crippen LogP contribution >= 0.6 is 0 Å². The highest BCUT2D eigenvalue weighted by molar-refractivity contribution is 6.12. The maximum Gasteiger partial charge on any atom is 0.433 e. The lowest BCUT2D eigenvalue weighted by Gasteiger charge is -2.32. The van der Waals surface area contributed by atoms with Crippen LogP contribution in [0.1, 0.15) is 34.5 Å². The fraction of sp³-hybridized carbons (Fsp3) is 0.304. The van der Waals surface area contributed by atoms with Gasteiger partial charge in [0.2, 0.25) is 0 Å². The number of aromatic nitrogens is 1. The monoisotopic (exact) mass is 490 g/mol. The summed E-state index contributed by atoms with van der Waals surface area (Å²) in [6.07, 6.45) is -16.9. The average Bonchev–Trinajstić information content (AvgIpc) is 3.19. The summed E-state index contributed by atoms with van der Waals surface area (Å²) in [7, 11) is 0. The molecular formula is C23H15F9N2. The molecule has 0 saturated carbocycles. The number of halogens is 9. The second-order valence-electron chi connectivity index (χ2n) is 8.12. The number of alkyl halides is 9. The molecule has 2 aromatic carbocycles. The molecule has 0 radical (unpaired) electrons. The van der Waals surface area contributed by atoms with Crippen LogP contribution in [0.5, 0.6) is 0 Å². The van der Waals surface area contributed by atoms with Crippen LogP contribution in [-0.2, 0) is 17.8 Å². The molecule has 11 heteroatoms. The Labute approximate surface area is 187 Å². The first-order valence-corrected chi connectivity index (χ1v) is 9.89. The Morgan fingerprint density at radius 3 is 1.85 bits per heavy atom. The van der Waals surface area contributed by atoms with Gasteiger partial charge in [0, 0.05) is 17.7 Å². The highest BCUT2D eigenvalue weighted by Gasteiger charge is 2.59. The predicted octanol–water partition coefficient (Wildman–Crippen LogP) is 7.27. The van der Waals surface area contributed by atoms with Crippen molar-refractivity contribution in [2.45, 2.75) is 37.3 Å². The number of hydrogen-bond acceptors (Lipinski definition) is 2. The molecule has 2 heterocycles. The minimum absolute atomic E-state index is 0.0361. The number of hydrogen-bond donors (Lipinski definition) is 0. The van der Waals surface area contributed by atoms with E-state index in [9.17, 15) is 39.5 Å². The summed E-state index contributed by atoms with van der Waals surface area (Å²) >= 11 is 0. The van der Waals surface area contributed by atoms with E-state index in [1.54, 1.807) is 43.3 Å². The number of rotatable bonds is 2. The number of fused-ring (bicyclic) bond motifs is 1. The third-order valence-electron chi connectivity index (χ3n) is 5.96. The first-order chi connectivity index (χ1) is 15.6. The summed E-state index contributed by atoms with van der Waals surface area (Å²) in [4.78, 5) is 6.51. The highest BCUT2D eigenvalue weighted by Crippen LogP contribution is 2.50. The topological polar surface area (TPSA) is 25.2 Å². The normalized spacial score (nSPS) is 19.5. The van der Waals surface area contributed by atoms with Crippen molar-refractivity contribution in [3.05, 3.63) is 76.6 Å². The number of nitrogens with zero attached hydrogens (tertiary/aromatic N) is 2. The molecule has 4 rings (SSSR count). The molecule has 0 fully saturated rings. The van der Waals surface area contributed by atoms with Crippen molar-refractivity contribution in [2.75, 3.05) is 6.54 Å². The van der Waals surface area contributed by atoms with Gasteiger partial charge in [0.25, 0.3) is 0 Å². The highest BCUT2D eigenvalue weighted by atomic mass is 19.4. The Hall–Kier alpha value is -3.11. The molecule has 0 aliphatic carbocycles. The lowest BCUT2D eigenvalue weighted by atomic mass is 9.76. The van der Waals surface area contributed by atoms with E-state index in [-0.39, 0.29) is 17.8 Å². The van der Waals surface area contributed by atoms with E-state index < -0.39 is 53.9 Å². The van der Waals surface area contributed by atoms with Crippen LogP contribution in [0.3, 0.4) is 0 Å². The molecular weight excluding hydrogens is 475 g/mol. The van der Waals surface area contributed by atoms with E-state index >= 15 is 0 Å². The van der Waals surface area contributed by atoms with E-state index in [1.807, 2.05) is 0 Å². The maximum atomic E-state index is 14.4. The minimum atomic E-state index is -5.38. The van der Waals surface area contributed by atoms with Gasteiger partial charge < -0.3 is 0 Å². The van der Waals surface area contributed by atoms with Gasteiger partial charge in [-0.25, -0.2) is 4.98 Å². The zero-order valence-electron chi connectivity index (χ0n) is 17.3. The van der Waals surface area contributed by atoms with E-state index in [0.29, 0.717) is 10.9 Å². The van der Waals surface area contributed by atoms with Gasteiger partial charge in [-0.3, -0.25) is 4.99 Å². The molecule has 1 atom stereocenters. The lowest BCUT2D eigenvalue weighted by Crippen LogP contribution is -2.44. The Morgan fingerprint density at radius 1 is 0.765 bits per heavy atom. The van der Waals surface area contributed by atoms with Crippen molar-refractivity contribution < 1.29 is 39.5 Å². The van der Waals surface area contributed by atoms with Gasteiger partial charge in [-0.05, 0) is 41.0 Å². The van der Waals surface area contributed by atoms with Gasteiger partial charge in [-0.15, -0.1) is 0 Å². The molecule has 0 amide bonds. The molecule has 3 aromatic rings. The molecule has 1 aromatic heterocycles. The van der Waals surface area contributed by atoms with Crippen molar-refractivity contribution in [2.24, 2.45) is 4.99 Å². The second kappa shape index (κ2) is 7.71. The predicted molar refractivity (Wildman–Crippen MR) is 107 cm³/mol. The van der Waals surface area contributed by atoms with E-state index in [1.165, 1.54) is 0 Å². The number of benzene rings is 2. The molecule has 180 valence electrons. The molecule has 0 spiro atoms. The van der Waals surface area contributed by atoms with Gasteiger partial charge in [-0.2, -0.15) is 39.5 Å². The fourth-order valence-electron chi connectivity index (χ4n) is 4.15. The third kappa shape index (κ3) is 4.01. The van der Waals surface area contributed by atoms with Crippen LogP contribution in [0.2, 0.25) is 0 Å². The van der Waals surface area contributed by atoms with Gasteiger partial charge in [0.15, 0.2) is 0 Å². The van der Waals surface area contributed by atoms with Crippen molar-refractivity contribution >= 4 is 16.5 Å². The lowest BCUT2D eigenvalue weighted by molar-refractivity contribution is -0.185. The molecule has 2 nitrogen and oxygen atoms in total. The number of pyridine rings is 1. The van der Waals surface area contributed by atoms with Crippen molar-refractivity contribution in [3.63, 3.8) is 0 Å². The van der Waals surface area contributed by atoms with E-state index in [0.717, 1.165) is 10.9 Å². The zero-order chi connectivity index (χ0) is 25.1. The molecule has 0 saturated heterocycles. The number of aryl methyl sites for hydroxylation is 1. The van der Waals surface area contributed by atoms with Gasteiger partial charge in [0.1, 0.15) is 16.8 Å². The first-order valence-electron chi connectivity index (χ1n) is 9.89. The Balaban J connectivity index is 1.89. The smallest absolute Gasteiger partial charge is 0.288 e. The van der Waals surface area contributed by atoms with Gasteiger partial charge in [0.05, 0.1) is 6.54 Å². The van der Waals surface area contributed by atoms with Crippen molar-refractivity contribution in [3.8, 4) is 0 Å². The zero-order valence-corrected chi connectivity index (χ0v) is 17.3. The van der Waals surface area contributed by atoms with Crippen LogP contribution in [-0.4, -0.2) is 23.4 Å². The summed E-state index contributed by atoms with van der Waals surface area (Å²) in [6.45, 7) is 0.753. The minimum Gasteiger partial charge on any atom is -0.288 e. The van der Waals surface area contributed by atoms with Gasteiger partial charge in [-0.1, -0.05) is 36.4 Å². The summed E-state index contributed by atoms with van der Waals surface area (Å²) < 4.78 is 123. The summed E-state index contributed by atoms with van der Waals surface area (Å²) in [5, 5.41) is 1.33. The van der Waals surface area contributed by atoms with E-state index in [4.69, 9.17) is 0 Å². The summed E-state index contributed by atoms with van der Waals surface area (Å²) in [5.41, 5.74) is -7.20. The second-order valence-corrected chi connectivity index (χ2v) is 8.12. The van der Waals surface area contributed by atoms with E-state index in [2.05, 4.69) is 9.98 Å². The van der Waals surface area contributed by atoms with Crippen molar-refractivity contribution in [1.29, 1.82) is 0 Å². The van der Waals surface area contributed by atoms with Crippen LogP contribution in [0.25, 0.3) is 10.8 Å². The molecule has 1 unspecified atom stereocenters. The van der Waals surface area contributed by atoms with Crippen LogP contribution in [0.15, 0.2) is 53.5 Å². The van der Waals surface area contributed by atoms with Gasteiger partial charge >= 0.3 is 18.5 Å². The molecule has 1 aliphatic rings. The SMILES string of the molecule is Cc1ccc(C2=NCC(c3cc(C(F)(F)F)nc(C(F)(F)F)c3)(C(F)(F)F)C2)c2ccccc12.